The van der Waals surface area contributed by atoms with Crippen LogP contribution in [0.5, 0.6) is 0 Å². The highest BCUT2D eigenvalue weighted by Crippen LogP contribution is 2.23. The van der Waals surface area contributed by atoms with Gasteiger partial charge < -0.3 is 20.0 Å². The van der Waals surface area contributed by atoms with E-state index >= 15 is 0 Å². The van der Waals surface area contributed by atoms with Gasteiger partial charge in [0, 0.05) is 43.6 Å². The van der Waals surface area contributed by atoms with Crippen molar-refractivity contribution in [1.82, 2.24) is 9.88 Å². The van der Waals surface area contributed by atoms with E-state index in [2.05, 4.69) is 26.9 Å². The van der Waals surface area contributed by atoms with Crippen LogP contribution in [0.2, 0.25) is 0 Å². The van der Waals surface area contributed by atoms with Crippen LogP contribution in [0.1, 0.15) is 13.3 Å². The molecule has 2 N–H and O–H groups in total. The molecule has 6 nitrogen and oxygen atoms in total. The molecule has 0 aliphatic carbocycles. The highest BCUT2D eigenvalue weighted by atomic mass is 32.1. The van der Waals surface area contributed by atoms with Crippen molar-refractivity contribution >= 4 is 34.0 Å². The molecular formula is C17H19N5OS. The van der Waals surface area contributed by atoms with Crippen molar-refractivity contribution in [2.24, 2.45) is 5.73 Å². The van der Waals surface area contributed by atoms with Gasteiger partial charge in [-0.15, -0.1) is 0 Å². The van der Waals surface area contributed by atoms with Crippen molar-refractivity contribution in [3.63, 3.8) is 0 Å². The van der Waals surface area contributed by atoms with Gasteiger partial charge in [-0.2, -0.15) is 5.26 Å². The second-order valence-corrected chi connectivity index (χ2v) is 6.21. The van der Waals surface area contributed by atoms with Gasteiger partial charge in [-0.3, -0.25) is 0 Å². The minimum absolute atomic E-state index is 0.159. The van der Waals surface area contributed by atoms with Crippen molar-refractivity contribution < 1.29 is 4.42 Å². The number of allylic oxidation sites excluding steroid dienone is 1. The summed E-state index contributed by atoms with van der Waals surface area (Å²) in [5.74, 6) is 0. The van der Waals surface area contributed by atoms with E-state index in [4.69, 9.17) is 22.4 Å². The van der Waals surface area contributed by atoms with Crippen LogP contribution in [-0.2, 0) is 0 Å². The van der Waals surface area contributed by atoms with Crippen LogP contribution in [0.25, 0.3) is 11.1 Å². The second-order valence-electron chi connectivity index (χ2n) is 5.77. The molecule has 0 bridgehead atoms. The number of aromatic nitrogens is 1. The van der Waals surface area contributed by atoms with Crippen LogP contribution < -0.4 is 10.6 Å². The lowest BCUT2D eigenvalue weighted by Gasteiger charge is -2.25. The molecule has 0 unspecified atom stereocenters. The van der Waals surface area contributed by atoms with Crippen LogP contribution in [0, 0.1) is 11.3 Å². The van der Waals surface area contributed by atoms with Gasteiger partial charge in [-0.25, -0.2) is 4.98 Å². The van der Waals surface area contributed by atoms with Crippen LogP contribution in [0.3, 0.4) is 0 Å². The minimum atomic E-state index is 0.159. The third kappa shape index (κ3) is 3.19. The number of benzene rings is 1. The zero-order valence-electron chi connectivity index (χ0n) is 13.5. The van der Waals surface area contributed by atoms with Crippen LogP contribution in [0.4, 0.5) is 5.69 Å². The fraction of sp³-hybridized carbons (Fsp3) is 0.353. The largest absolute Gasteiger partial charge is 0.443 e. The lowest BCUT2D eigenvalue weighted by molar-refractivity contribution is 0.369. The van der Waals surface area contributed by atoms with E-state index in [0.717, 1.165) is 55.1 Å². The summed E-state index contributed by atoms with van der Waals surface area (Å²) in [6, 6.07) is 8.19. The van der Waals surface area contributed by atoms with E-state index in [-0.39, 0.29) is 4.99 Å². The molecule has 1 aromatic carbocycles. The lowest BCUT2D eigenvalue weighted by Crippen LogP contribution is -2.31. The summed E-state index contributed by atoms with van der Waals surface area (Å²) in [6.07, 6.45) is 2.45. The maximum absolute atomic E-state index is 9.25. The molecule has 124 valence electrons. The molecule has 1 aliphatic rings. The highest BCUT2D eigenvalue weighted by molar-refractivity contribution is 7.80. The molecule has 1 aromatic heterocycles. The number of nitriles is 1. The van der Waals surface area contributed by atoms with E-state index < -0.39 is 0 Å². The third-order valence-electron chi connectivity index (χ3n) is 4.37. The first-order valence-electron chi connectivity index (χ1n) is 7.84. The predicted octanol–water partition coefficient (Wildman–Crippen LogP) is 2.42. The highest BCUT2D eigenvalue weighted by Gasteiger charge is 2.18. The van der Waals surface area contributed by atoms with Gasteiger partial charge in [-0.05, 0) is 25.5 Å². The Morgan fingerprint density at radius 1 is 1.33 bits per heavy atom. The smallest absolute Gasteiger partial charge is 0.181 e. The quantitative estimate of drug-likeness (QED) is 0.521. The SMILES string of the molecule is CC(=C(C#N)C(N)=S)N1CCCN(c2ccc3ncoc3c2)CC1. The van der Waals surface area contributed by atoms with Crippen molar-refractivity contribution in [2.75, 3.05) is 31.1 Å². The Hall–Kier alpha value is -2.59. The Bertz CT molecular complexity index is 835. The number of rotatable bonds is 3. The minimum Gasteiger partial charge on any atom is -0.443 e. The molecule has 1 saturated heterocycles. The fourth-order valence-electron chi connectivity index (χ4n) is 3.02. The second kappa shape index (κ2) is 6.89. The van der Waals surface area contributed by atoms with E-state index in [1.54, 1.807) is 0 Å². The molecule has 0 amide bonds. The molecule has 1 fully saturated rings. The van der Waals surface area contributed by atoms with E-state index in [9.17, 15) is 5.26 Å². The monoisotopic (exact) mass is 341 g/mol. The summed E-state index contributed by atoms with van der Waals surface area (Å²) in [5, 5.41) is 9.25. The van der Waals surface area contributed by atoms with Crippen molar-refractivity contribution in [3.8, 4) is 6.07 Å². The molecular weight excluding hydrogens is 322 g/mol. The van der Waals surface area contributed by atoms with E-state index in [1.165, 1.54) is 6.39 Å². The third-order valence-corrected chi connectivity index (χ3v) is 4.57. The number of nitrogens with two attached hydrogens (primary N) is 1. The lowest BCUT2D eigenvalue weighted by atomic mass is 10.2. The molecule has 0 atom stereocenters. The molecule has 7 heteroatoms. The van der Waals surface area contributed by atoms with Crippen molar-refractivity contribution in [2.45, 2.75) is 13.3 Å². The Morgan fingerprint density at radius 2 is 2.17 bits per heavy atom. The molecule has 2 aromatic rings. The number of nitrogens with zero attached hydrogens (tertiary/aromatic N) is 4. The summed E-state index contributed by atoms with van der Waals surface area (Å²) < 4.78 is 5.39. The predicted molar refractivity (Wildman–Crippen MR) is 97.5 cm³/mol. The average Bonchev–Trinajstić information content (AvgIpc) is 2.89. The standard InChI is InChI=1S/C17H19N5OS/c1-12(14(10-18)17(19)24)21-5-2-6-22(8-7-21)13-3-4-15-16(9-13)23-11-20-15/h3-4,9,11H,2,5-8H2,1H3,(H2,19,24). The summed E-state index contributed by atoms with van der Waals surface area (Å²) in [4.78, 5) is 8.82. The zero-order chi connectivity index (χ0) is 17.1. The molecule has 0 radical (unpaired) electrons. The zero-order valence-corrected chi connectivity index (χ0v) is 14.3. The summed E-state index contributed by atoms with van der Waals surface area (Å²) in [7, 11) is 0. The maximum atomic E-state index is 9.25. The van der Waals surface area contributed by atoms with E-state index in [1.807, 2.05) is 19.1 Å². The Labute approximate surface area is 146 Å². The van der Waals surface area contributed by atoms with Gasteiger partial charge in [0.25, 0.3) is 0 Å². The molecule has 3 rings (SSSR count). The molecule has 2 heterocycles. The van der Waals surface area contributed by atoms with Gasteiger partial charge >= 0.3 is 0 Å². The molecule has 24 heavy (non-hydrogen) atoms. The van der Waals surface area contributed by atoms with Crippen molar-refractivity contribution in [3.05, 3.63) is 35.9 Å². The number of thiocarbonyl (C=S) groups is 1. The summed E-state index contributed by atoms with van der Waals surface area (Å²) in [5.41, 5.74) is 9.70. The van der Waals surface area contributed by atoms with Crippen molar-refractivity contribution in [1.29, 1.82) is 5.26 Å². The first-order valence-corrected chi connectivity index (χ1v) is 8.25. The average molecular weight is 341 g/mol. The van der Waals surface area contributed by atoms with Crippen LogP contribution in [-0.4, -0.2) is 41.1 Å². The van der Waals surface area contributed by atoms with Gasteiger partial charge in [0.2, 0.25) is 0 Å². The fourth-order valence-corrected chi connectivity index (χ4v) is 3.22. The number of fused-ring (bicyclic) bond motifs is 1. The molecule has 0 saturated carbocycles. The normalized spacial score (nSPS) is 16.5. The van der Waals surface area contributed by atoms with E-state index in [0.29, 0.717) is 5.57 Å². The van der Waals surface area contributed by atoms with Gasteiger partial charge in [0.05, 0.1) is 0 Å². The molecule has 1 aliphatic heterocycles. The number of anilines is 1. The summed E-state index contributed by atoms with van der Waals surface area (Å²) in [6.45, 7) is 5.40. The topological polar surface area (TPSA) is 82.3 Å². The Balaban J connectivity index is 1.77. The molecule has 0 spiro atoms. The van der Waals surface area contributed by atoms with Gasteiger partial charge in [0.1, 0.15) is 22.1 Å². The first-order chi connectivity index (χ1) is 11.6. The maximum Gasteiger partial charge on any atom is 0.181 e. The summed E-state index contributed by atoms with van der Waals surface area (Å²) >= 11 is 4.98. The van der Waals surface area contributed by atoms with Gasteiger partial charge in [0.15, 0.2) is 12.0 Å². The van der Waals surface area contributed by atoms with Crippen LogP contribution in [0.15, 0.2) is 40.3 Å². The Morgan fingerprint density at radius 3 is 2.92 bits per heavy atom. The Kier molecular flexibility index (Phi) is 4.67. The number of hydrogen-bond acceptors (Lipinski definition) is 6. The number of hydrogen-bond donors (Lipinski definition) is 1. The van der Waals surface area contributed by atoms with Gasteiger partial charge in [-0.1, -0.05) is 12.2 Å². The first kappa shape index (κ1) is 16.3. The van der Waals surface area contributed by atoms with Crippen LogP contribution >= 0.6 is 12.2 Å². The number of oxazole rings is 1.